The van der Waals surface area contributed by atoms with Crippen LogP contribution in [-0.2, 0) is 24.3 Å². The summed E-state index contributed by atoms with van der Waals surface area (Å²) in [6, 6.07) is 12.6. The number of carboxylic acid groups (broad SMARTS) is 1. The average molecular weight is 522 g/mol. The third kappa shape index (κ3) is 4.95. The summed E-state index contributed by atoms with van der Waals surface area (Å²) in [6.07, 6.45) is 4.05. The lowest BCUT2D eigenvalue weighted by Crippen LogP contribution is -2.60. The van der Waals surface area contributed by atoms with E-state index in [0.717, 1.165) is 21.2 Å². The van der Waals surface area contributed by atoms with E-state index in [-0.39, 0.29) is 4.90 Å². The Morgan fingerprint density at radius 2 is 1.63 bits per heavy atom. The van der Waals surface area contributed by atoms with Crippen molar-refractivity contribution in [2.45, 2.75) is 47.2 Å². The molecule has 1 saturated heterocycles. The summed E-state index contributed by atoms with van der Waals surface area (Å²) in [5, 5.41) is 10.3. The van der Waals surface area contributed by atoms with Gasteiger partial charge in [0.2, 0.25) is 10.0 Å². The minimum Gasteiger partial charge on any atom is -0.497 e. The van der Waals surface area contributed by atoms with E-state index in [4.69, 9.17) is 14.2 Å². The highest BCUT2D eigenvalue weighted by atomic mass is 32.2. The summed E-state index contributed by atoms with van der Waals surface area (Å²) in [7, 11) is -1.14. The van der Waals surface area contributed by atoms with Crippen molar-refractivity contribution in [1.82, 2.24) is 4.31 Å². The van der Waals surface area contributed by atoms with Gasteiger partial charge in [0.1, 0.15) is 11.8 Å². The summed E-state index contributed by atoms with van der Waals surface area (Å²) in [5.41, 5.74) is 1.76. The van der Waals surface area contributed by atoms with Gasteiger partial charge in [-0.2, -0.15) is 16.1 Å². The van der Waals surface area contributed by atoms with E-state index in [1.54, 1.807) is 19.2 Å². The monoisotopic (exact) mass is 521 g/mol. The van der Waals surface area contributed by atoms with Gasteiger partial charge in [-0.1, -0.05) is 24.3 Å². The van der Waals surface area contributed by atoms with E-state index in [1.165, 1.54) is 30.9 Å². The highest BCUT2D eigenvalue weighted by molar-refractivity contribution is 8.00. The Balaban J connectivity index is 1.63. The number of nitrogens with zero attached hydrogens (tertiary/aromatic N) is 1. The lowest BCUT2D eigenvalue weighted by Gasteiger charge is -2.48. The van der Waals surface area contributed by atoms with E-state index >= 15 is 0 Å². The zero-order valence-electron chi connectivity index (χ0n) is 20.1. The van der Waals surface area contributed by atoms with E-state index in [9.17, 15) is 18.3 Å². The first-order chi connectivity index (χ1) is 16.7. The molecule has 1 heterocycles. The van der Waals surface area contributed by atoms with Crippen molar-refractivity contribution in [1.29, 1.82) is 0 Å². The van der Waals surface area contributed by atoms with Gasteiger partial charge in [-0.3, -0.25) is 4.79 Å². The van der Waals surface area contributed by atoms with Gasteiger partial charge < -0.3 is 19.3 Å². The molecule has 1 saturated carbocycles. The van der Waals surface area contributed by atoms with Crippen LogP contribution in [0, 0.1) is 0 Å². The smallest absolute Gasteiger partial charge is 0.323 e. The van der Waals surface area contributed by atoms with Gasteiger partial charge in [-0.05, 0) is 54.5 Å². The quantitative estimate of drug-likeness (QED) is 0.559. The highest BCUT2D eigenvalue weighted by Crippen LogP contribution is 2.50. The molecule has 4 rings (SSSR count). The second kappa shape index (κ2) is 10.1. The molecular formula is C25H31NO7S2. The van der Waals surface area contributed by atoms with Crippen LogP contribution < -0.4 is 4.74 Å². The van der Waals surface area contributed by atoms with E-state index in [1.807, 2.05) is 30.5 Å². The van der Waals surface area contributed by atoms with Crippen LogP contribution in [0.25, 0.3) is 11.1 Å². The molecule has 0 aromatic heterocycles. The summed E-state index contributed by atoms with van der Waals surface area (Å²) in [5.74, 6) is -1.30. The third-order valence-electron chi connectivity index (χ3n) is 7.00. The Labute approximate surface area is 210 Å². The fourth-order valence-electron chi connectivity index (χ4n) is 5.17. The Hall–Kier alpha value is -2.11. The number of methoxy groups -OCH3 is 1. The Bertz CT molecular complexity index is 1150. The van der Waals surface area contributed by atoms with Crippen LogP contribution in [0.2, 0.25) is 0 Å². The molecule has 0 radical (unpaired) electrons. The summed E-state index contributed by atoms with van der Waals surface area (Å²) in [4.78, 5) is 12.6. The summed E-state index contributed by atoms with van der Waals surface area (Å²) in [6.45, 7) is 0.910. The predicted molar refractivity (Wildman–Crippen MR) is 134 cm³/mol. The van der Waals surface area contributed by atoms with Crippen LogP contribution in [0.4, 0.5) is 0 Å². The second-order valence-corrected chi connectivity index (χ2v) is 12.1. The number of carbonyl (C=O) groups is 1. The van der Waals surface area contributed by atoms with Crippen LogP contribution >= 0.6 is 11.8 Å². The van der Waals surface area contributed by atoms with Gasteiger partial charge >= 0.3 is 5.97 Å². The normalized spacial score (nSPS) is 22.9. The number of rotatable bonds is 8. The van der Waals surface area contributed by atoms with E-state index < -0.39 is 32.6 Å². The zero-order chi connectivity index (χ0) is 25.3. The zero-order valence-corrected chi connectivity index (χ0v) is 21.7. The minimum atomic E-state index is -4.09. The number of aliphatic carboxylic acids is 1. The first-order valence-electron chi connectivity index (χ1n) is 11.4. The average Bonchev–Trinajstić information content (AvgIpc) is 3.31. The van der Waals surface area contributed by atoms with Gasteiger partial charge in [-0.15, -0.1) is 0 Å². The molecule has 2 aliphatic rings. The maximum absolute atomic E-state index is 13.6. The molecule has 190 valence electrons. The molecular weight excluding hydrogens is 490 g/mol. The van der Waals surface area contributed by atoms with Gasteiger partial charge in [0.25, 0.3) is 0 Å². The van der Waals surface area contributed by atoms with Crippen molar-refractivity contribution in [3.05, 3.63) is 48.5 Å². The molecule has 10 heteroatoms. The number of thioether (sulfide) groups is 1. The highest BCUT2D eigenvalue weighted by Gasteiger charge is 2.56. The van der Waals surface area contributed by atoms with Crippen LogP contribution in [0.1, 0.15) is 25.7 Å². The molecule has 2 atom stereocenters. The topological polar surface area (TPSA) is 102 Å². The number of likely N-dealkylation sites (N-methyl/N-ethyl adjacent to an activating group) is 1. The number of sulfonamides is 1. The van der Waals surface area contributed by atoms with Crippen molar-refractivity contribution >= 4 is 27.8 Å². The molecule has 2 fully saturated rings. The van der Waals surface area contributed by atoms with Crippen molar-refractivity contribution in [2.24, 2.45) is 0 Å². The fraction of sp³-hybridized carbons (Fsp3) is 0.480. The van der Waals surface area contributed by atoms with E-state index in [2.05, 4.69) is 0 Å². The van der Waals surface area contributed by atoms with Crippen LogP contribution in [0.3, 0.4) is 0 Å². The lowest BCUT2D eigenvalue weighted by atomic mass is 9.79. The molecule has 2 aromatic carbocycles. The largest absolute Gasteiger partial charge is 0.497 e. The molecule has 1 N–H and O–H groups in total. The van der Waals surface area contributed by atoms with Crippen LogP contribution in [-0.4, -0.2) is 74.0 Å². The maximum Gasteiger partial charge on any atom is 0.323 e. The molecule has 1 aliphatic carbocycles. The Kier molecular flexibility index (Phi) is 7.49. The standard InChI is InChI=1S/C25H31NO7S2/c1-26(22(23(27)28)24(34-3)13-4-14-25(17-24)32-15-16-33-25)35(29,30)21-11-7-19(8-12-21)18-5-9-20(31-2)10-6-18/h5-12,22H,4,13-17H2,1-3H3,(H,27,28). The maximum atomic E-state index is 13.6. The van der Waals surface area contributed by atoms with Crippen LogP contribution in [0.5, 0.6) is 5.75 Å². The van der Waals surface area contributed by atoms with Crippen molar-refractivity contribution in [2.75, 3.05) is 33.6 Å². The number of carboxylic acids is 1. The number of hydrogen-bond donors (Lipinski definition) is 1. The molecule has 1 spiro atoms. The van der Waals surface area contributed by atoms with Crippen LogP contribution in [0.15, 0.2) is 53.4 Å². The van der Waals surface area contributed by atoms with E-state index in [0.29, 0.717) is 38.9 Å². The molecule has 1 aliphatic heterocycles. The molecule has 2 unspecified atom stereocenters. The molecule has 35 heavy (non-hydrogen) atoms. The van der Waals surface area contributed by atoms with Crippen molar-refractivity contribution in [3.63, 3.8) is 0 Å². The predicted octanol–water partition coefficient (Wildman–Crippen LogP) is 3.85. The molecule has 8 nitrogen and oxygen atoms in total. The van der Waals surface area contributed by atoms with Crippen molar-refractivity contribution in [3.8, 4) is 16.9 Å². The van der Waals surface area contributed by atoms with Crippen molar-refractivity contribution < 1.29 is 32.5 Å². The van der Waals surface area contributed by atoms with Gasteiger partial charge in [-0.25, -0.2) is 8.42 Å². The first-order valence-corrected chi connectivity index (χ1v) is 14.1. The third-order valence-corrected chi connectivity index (χ3v) is 10.2. The lowest BCUT2D eigenvalue weighted by molar-refractivity contribution is -0.187. The Morgan fingerprint density at radius 1 is 1.06 bits per heavy atom. The number of benzene rings is 2. The first kappa shape index (κ1) is 26.0. The molecule has 0 bridgehead atoms. The SMILES string of the molecule is COc1ccc(-c2ccc(S(=O)(=O)N(C)C(C(=O)O)C3(SC)CCCC4(C3)OCCO4)cc2)cc1. The molecule has 0 amide bonds. The van der Waals surface area contributed by atoms with Gasteiger partial charge in [0.15, 0.2) is 5.79 Å². The second-order valence-electron chi connectivity index (χ2n) is 8.92. The number of hydrogen-bond acceptors (Lipinski definition) is 7. The summed E-state index contributed by atoms with van der Waals surface area (Å²) < 4.78 is 44.3. The summed E-state index contributed by atoms with van der Waals surface area (Å²) >= 11 is 1.38. The van der Waals surface area contributed by atoms with Gasteiger partial charge in [0, 0.05) is 24.6 Å². The Morgan fingerprint density at radius 3 is 2.14 bits per heavy atom. The fourth-order valence-corrected chi connectivity index (χ4v) is 7.82. The number of ether oxygens (including phenoxy) is 3. The minimum absolute atomic E-state index is 0.0404. The molecule has 2 aromatic rings. The van der Waals surface area contributed by atoms with Gasteiger partial charge in [0.05, 0.1) is 25.2 Å².